The Bertz CT molecular complexity index is 626. The van der Waals surface area contributed by atoms with Gasteiger partial charge in [-0.1, -0.05) is 38.5 Å². The number of carbonyl (C=O) groups excluding carboxylic acids is 1. The Balaban J connectivity index is 0.000000647. The Morgan fingerprint density at radius 3 is 2.00 bits per heavy atom. The molecule has 0 bridgehead atoms. The minimum absolute atomic E-state index is 0.0780. The smallest absolute Gasteiger partial charge is 0.324 e. The van der Waals surface area contributed by atoms with Crippen molar-refractivity contribution in [1.29, 1.82) is 0 Å². The standard InChI is InChI=1S/C17H18N2O2.C3H8/c1-2-18-12-13-19(17(18)20)14-8-10-16(11-9-14)21-15-6-4-3-5-7-15;1-3-2/h3-11H,2,12-13H2,1H3;3H2,1-2H3. The molecular weight excluding hydrogens is 300 g/mol. The van der Waals surface area contributed by atoms with Gasteiger partial charge in [0.25, 0.3) is 0 Å². The Kier molecular flexibility index (Phi) is 6.67. The number of ether oxygens (including phenoxy) is 1. The van der Waals surface area contributed by atoms with Gasteiger partial charge in [0, 0.05) is 25.3 Å². The van der Waals surface area contributed by atoms with Gasteiger partial charge in [0.2, 0.25) is 0 Å². The summed E-state index contributed by atoms with van der Waals surface area (Å²) in [6, 6.07) is 17.4. The van der Waals surface area contributed by atoms with Crippen molar-refractivity contribution in [1.82, 2.24) is 4.90 Å². The maximum absolute atomic E-state index is 12.1. The molecule has 1 aliphatic heterocycles. The van der Waals surface area contributed by atoms with Crippen LogP contribution in [0.5, 0.6) is 11.5 Å². The predicted octanol–water partition coefficient (Wildman–Crippen LogP) is 5.16. The van der Waals surface area contributed by atoms with Crippen LogP contribution in [0.1, 0.15) is 27.2 Å². The molecule has 1 saturated heterocycles. The molecule has 3 rings (SSSR count). The van der Waals surface area contributed by atoms with Crippen LogP contribution < -0.4 is 9.64 Å². The van der Waals surface area contributed by atoms with Gasteiger partial charge in [-0.2, -0.15) is 0 Å². The summed E-state index contributed by atoms with van der Waals surface area (Å²) >= 11 is 0. The molecule has 0 saturated carbocycles. The number of hydrogen-bond acceptors (Lipinski definition) is 2. The molecule has 4 heteroatoms. The van der Waals surface area contributed by atoms with E-state index in [1.807, 2.05) is 66.4 Å². The summed E-state index contributed by atoms with van der Waals surface area (Å²) in [5.41, 5.74) is 0.913. The maximum atomic E-state index is 12.1. The number of carbonyl (C=O) groups is 1. The van der Waals surface area contributed by atoms with Crippen molar-refractivity contribution in [3.05, 3.63) is 54.6 Å². The number of rotatable bonds is 4. The van der Waals surface area contributed by atoms with Crippen molar-refractivity contribution in [3.8, 4) is 11.5 Å². The van der Waals surface area contributed by atoms with Gasteiger partial charge in [-0.3, -0.25) is 4.90 Å². The normalized spacial score (nSPS) is 13.5. The van der Waals surface area contributed by atoms with E-state index in [1.54, 1.807) is 4.90 Å². The first-order chi connectivity index (χ1) is 11.7. The second kappa shape index (κ2) is 8.96. The number of hydrogen-bond donors (Lipinski definition) is 0. The van der Waals surface area contributed by atoms with Crippen LogP contribution in [0.15, 0.2) is 54.6 Å². The first-order valence-corrected chi connectivity index (χ1v) is 8.59. The van der Waals surface area contributed by atoms with Gasteiger partial charge in [0.05, 0.1) is 0 Å². The zero-order valence-electron chi connectivity index (χ0n) is 14.7. The van der Waals surface area contributed by atoms with E-state index < -0.39 is 0 Å². The van der Waals surface area contributed by atoms with E-state index in [2.05, 4.69) is 13.8 Å². The number of likely N-dealkylation sites (N-methyl/N-ethyl adjacent to an activating group) is 1. The topological polar surface area (TPSA) is 32.8 Å². The number of nitrogens with zero attached hydrogens (tertiary/aromatic N) is 2. The van der Waals surface area contributed by atoms with Crippen molar-refractivity contribution in [3.63, 3.8) is 0 Å². The van der Waals surface area contributed by atoms with Crippen molar-refractivity contribution in [2.75, 3.05) is 24.5 Å². The minimum Gasteiger partial charge on any atom is -0.457 e. The summed E-state index contributed by atoms with van der Waals surface area (Å²) in [4.78, 5) is 15.8. The molecule has 128 valence electrons. The number of amides is 2. The van der Waals surface area contributed by atoms with Crippen LogP contribution >= 0.6 is 0 Å². The predicted molar refractivity (Wildman–Crippen MR) is 98.9 cm³/mol. The van der Waals surface area contributed by atoms with Gasteiger partial charge >= 0.3 is 6.03 Å². The quantitative estimate of drug-likeness (QED) is 0.777. The van der Waals surface area contributed by atoms with E-state index in [9.17, 15) is 4.79 Å². The van der Waals surface area contributed by atoms with Gasteiger partial charge in [0.1, 0.15) is 11.5 Å². The van der Waals surface area contributed by atoms with E-state index in [0.717, 1.165) is 36.8 Å². The Hall–Kier alpha value is -2.49. The molecule has 4 nitrogen and oxygen atoms in total. The lowest BCUT2D eigenvalue weighted by Gasteiger charge is -2.17. The van der Waals surface area contributed by atoms with Crippen LogP contribution in [-0.2, 0) is 0 Å². The zero-order chi connectivity index (χ0) is 17.4. The summed E-state index contributed by atoms with van der Waals surface area (Å²) in [6.45, 7) is 8.53. The van der Waals surface area contributed by atoms with Crippen LogP contribution in [0, 0.1) is 0 Å². The van der Waals surface area contributed by atoms with Crippen molar-refractivity contribution >= 4 is 11.7 Å². The van der Waals surface area contributed by atoms with Gasteiger partial charge in [-0.05, 0) is 43.3 Å². The zero-order valence-corrected chi connectivity index (χ0v) is 14.7. The van der Waals surface area contributed by atoms with Crippen LogP contribution in [0.25, 0.3) is 0 Å². The summed E-state index contributed by atoms with van der Waals surface area (Å²) < 4.78 is 5.75. The van der Waals surface area contributed by atoms with E-state index in [4.69, 9.17) is 4.74 Å². The fourth-order valence-corrected chi connectivity index (χ4v) is 2.43. The Labute approximate surface area is 144 Å². The second-order valence-corrected chi connectivity index (χ2v) is 5.63. The molecule has 2 aromatic carbocycles. The van der Waals surface area contributed by atoms with Crippen molar-refractivity contribution in [2.45, 2.75) is 27.2 Å². The van der Waals surface area contributed by atoms with Gasteiger partial charge in [-0.25, -0.2) is 4.79 Å². The third-order valence-corrected chi connectivity index (χ3v) is 3.60. The SMILES string of the molecule is CCC.CCN1CCN(c2ccc(Oc3ccccc3)cc2)C1=O. The molecule has 1 aliphatic rings. The lowest BCUT2D eigenvalue weighted by Crippen LogP contribution is -2.31. The van der Waals surface area contributed by atoms with Crippen LogP contribution in [0.4, 0.5) is 10.5 Å². The molecule has 24 heavy (non-hydrogen) atoms. The number of benzene rings is 2. The third kappa shape index (κ3) is 4.51. The molecule has 1 heterocycles. The first kappa shape index (κ1) is 17.9. The Morgan fingerprint density at radius 2 is 1.46 bits per heavy atom. The summed E-state index contributed by atoms with van der Waals surface area (Å²) in [7, 11) is 0. The summed E-state index contributed by atoms with van der Waals surface area (Å²) in [5, 5.41) is 0. The lowest BCUT2D eigenvalue weighted by atomic mass is 10.3. The minimum atomic E-state index is 0.0780. The molecule has 0 radical (unpaired) electrons. The molecule has 0 spiro atoms. The molecule has 0 N–H and O–H groups in total. The number of urea groups is 1. The monoisotopic (exact) mass is 326 g/mol. The molecule has 0 aliphatic carbocycles. The molecule has 0 atom stereocenters. The van der Waals surface area contributed by atoms with Crippen molar-refractivity contribution in [2.24, 2.45) is 0 Å². The van der Waals surface area contributed by atoms with Gasteiger partial charge in [-0.15, -0.1) is 0 Å². The second-order valence-electron chi connectivity index (χ2n) is 5.63. The average Bonchev–Trinajstić information content (AvgIpc) is 2.98. The number of para-hydroxylation sites is 1. The van der Waals surface area contributed by atoms with E-state index in [0.29, 0.717) is 0 Å². The average molecular weight is 326 g/mol. The fourth-order valence-electron chi connectivity index (χ4n) is 2.43. The number of anilines is 1. The van der Waals surface area contributed by atoms with Crippen LogP contribution in [-0.4, -0.2) is 30.6 Å². The van der Waals surface area contributed by atoms with Gasteiger partial charge in [0.15, 0.2) is 0 Å². The highest BCUT2D eigenvalue weighted by atomic mass is 16.5. The Morgan fingerprint density at radius 1 is 0.875 bits per heavy atom. The van der Waals surface area contributed by atoms with E-state index in [1.165, 1.54) is 6.42 Å². The highest BCUT2D eigenvalue weighted by molar-refractivity contribution is 5.94. The highest BCUT2D eigenvalue weighted by Gasteiger charge is 2.27. The molecular formula is C20H26N2O2. The summed E-state index contributed by atoms with van der Waals surface area (Å²) in [5.74, 6) is 1.57. The van der Waals surface area contributed by atoms with Crippen LogP contribution in [0.2, 0.25) is 0 Å². The molecule has 0 unspecified atom stereocenters. The van der Waals surface area contributed by atoms with E-state index in [-0.39, 0.29) is 6.03 Å². The highest BCUT2D eigenvalue weighted by Crippen LogP contribution is 2.26. The molecule has 1 fully saturated rings. The molecule has 2 aromatic rings. The molecule has 0 aromatic heterocycles. The lowest BCUT2D eigenvalue weighted by molar-refractivity contribution is 0.223. The first-order valence-electron chi connectivity index (χ1n) is 8.59. The maximum Gasteiger partial charge on any atom is 0.324 e. The van der Waals surface area contributed by atoms with Crippen molar-refractivity contribution < 1.29 is 9.53 Å². The largest absolute Gasteiger partial charge is 0.457 e. The van der Waals surface area contributed by atoms with E-state index >= 15 is 0 Å². The van der Waals surface area contributed by atoms with Gasteiger partial charge < -0.3 is 9.64 Å². The fraction of sp³-hybridized carbons (Fsp3) is 0.350. The van der Waals surface area contributed by atoms with Crippen LogP contribution in [0.3, 0.4) is 0 Å². The summed E-state index contributed by atoms with van der Waals surface area (Å²) in [6.07, 6.45) is 1.25. The molecule has 2 amide bonds. The third-order valence-electron chi connectivity index (χ3n) is 3.60.